The van der Waals surface area contributed by atoms with Crippen LogP contribution in [0, 0.1) is 12.8 Å². The van der Waals surface area contributed by atoms with Crippen LogP contribution in [-0.4, -0.2) is 35.4 Å². The summed E-state index contributed by atoms with van der Waals surface area (Å²) in [4.78, 5) is 32.7. The Bertz CT molecular complexity index is 1350. The van der Waals surface area contributed by atoms with Crippen LogP contribution in [0.5, 0.6) is 0 Å². The fourth-order valence-corrected chi connectivity index (χ4v) is 4.15. The number of fused-ring (bicyclic) bond motifs is 1. The fraction of sp³-hybridized carbons (Fsp3) is 0.286. The molecule has 4 aromatic rings. The number of aromatic nitrogens is 6. The zero-order valence-corrected chi connectivity index (χ0v) is 17.6. The number of hydrogen-bond donors (Lipinski definition) is 2. The van der Waals surface area contributed by atoms with E-state index >= 15 is 0 Å². The van der Waals surface area contributed by atoms with Crippen molar-refractivity contribution in [2.24, 2.45) is 5.92 Å². The average Bonchev–Trinajstić information content (AvgIpc) is 3.47. The first-order valence-electron chi connectivity index (χ1n) is 10.1. The molecular weight excluding hydrogens is 418 g/mol. The van der Waals surface area contributed by atoms with Gasteiger partial charge in [-0.05, 0) is 38.0 Å². The van der Waals surface area contributed by atoms with E-state index in [4.69, 9.17) is 11.6 Å². The number of hydrogen-bond acceptors (Lipinski definition) is 5. The molecule has 10 heteroatoms. The van der Waals surface area contributed by atoms with Gasteiger partial charge in [0.1, 0.15) is 11.2 Å². The molecule has 1 amide bonds. The zero-order chi connectivity index (χ0) is 21.5. The number of nitrogens with one attached hydrogen (secondary N) is 2. The van der Waals surface area contributed by atoms with Gasteiger partial charge in [0.25, 0.3) is 5.56 Å². The van der Waals surface area contributed by atoms with Crippen LogP contribution in [0.2, 0.25) is 5.02 Å². The largest absolute Gasteiger partial charge is 0.310 e. The lowest BCUT2D eigenvalue weighted by Gasteiger charge is -2.12. The summed E-state index contributed by atoms with van der Waals surface area (Å²) in [5.41, 5.74) is 1.38. The highest BCUT2D eigenvalue weighted by Gasteiger charge is 2.24. The third-order valence-electron chi connectivity index (χ3n) is 5.49. The van der Waals surface area contributed by atoms with Gasteiger partial charge in [-0.25, -0.2) is 4.68 Å². The molecule has 0 aliphatic heterocycles. The molecule has 0 spiro atoms. The summed E-state index contributed by atoms with van der Waals surface area (Å²) in [6, 6.07) is 8.88. The molecule has 1 aliphatic carbocycles. The van der Waals surface area contributed by atoms with E-state index in [9.17, 15) is 9.59 Å². The number of aryl methyl sites for hydroxylation is 1. The summed E-state index contributed by atoms with van der Waals surface area (Å²) < 4.78 is 2.99. The van der Waals surface area contributed by atoms with Crippen LogP contribution in [0.3, 0.4) is 0 Å². The number of rotatable bonds is 4. The van der Waals surface area contributed by atoms with Crippen molar-refractivity contribution < 1.29 is 4.79 Å². The maximum absolute atomic E-state index is 12.7. The van der Waals surface area contributed by atoms with Gasteiger partial charge >= 0.3 is 0 Å². The van der Waals surface area contributed by atoms with E-state index in [1.807, 2.05) is 13.0 Å². The van der Waals surface area contributed by atoms with Crippen molar-refractivity contribution in [1.82, 2.24) is 29.5 Å². The molecule has 158 valence electrons. The van der Waals surface area contributed by atoms with Gasteiger partial charge in [-0.2, -0.15) is 19.9 Å². The summed E-state index contributed by atoms with van der Waals surface area (Å²) >= 11 is 6.11. The van der Waals surface area contributed by atoms with E-state index in [-0.39, 0.29) is 23.3 Å². The minimum absolute atomic E-state index is 0.00223. The molecule has 0 atom stereocenters. The standard InChI is InChI=1S/C21H20ClN7O2/c1-12-9-17(24-19(30)13-5-2-3-6-13)29(27-12)21-25-18-16(20(31)26-21)11-23-28(18)15-8-4-7-14(22)10-15/h4,7-11,13H,2-3,5-6H2,1H3,(H,24,30)(H,25,26,31). The second-order valence-corrected chi connectivity index (χ2v) is 8.15. The first-order valence-corrected chi connectivity index (χ1v) is 10.5. The van der Waals surface area contributed by atoms with E-state index in [0.29, 0.717) is 33.3 Å². The van der Waals surface area contributed by atoms with E-state index in [1.54, 1.807) is 28.9 Å². The number of aromatic amines is 1. The Morgan fingerprint density at radius 1 is 1.23 bits per heavy atom. The smallest absolute Gasteiger partial charge is 0.263 e. The molecule has 1 aromatic carbocycles. The maximum Gasteiger partial charge on any atom is 0.263 e. The number of nitrogens with zero attached hydrogens (tertiary/aromatic N) is 5. The highest BCUT2D eigenvalue weighted by molar-refractivity contribution is 6.30. The lowest BCUT2D eigenvalue weighted by atomic mass is 10.1. The number of carbonyl (C=O) groups excluding carboxylic acids is 1. The molecule has 2 N–H and O–H groups in total. The van der Waals surface area contributed by atoms with E-state index in [2.05, 4.69) is 25.5 Å². The lowest BCUT2D eigenvalue weighted by Crippen LogP contribution is -2.23. The van der Waals surface area contributed by atoms with E-state index in [0.717, 1.165) is 25.7 Å². The molecule has 1 aliphatic rings. The van der Waals surface area contributed by atoms with Crippen molar-refractivity contribution in [3.8, 4) is 11.6 Å². The first kappa shape index (κ1) is 19.5. The normalized spacial score (nSPS) is 14.4. The summed E-state index contributed by atoms with van der Waals surface area (Å²) in [7, 11) is 0. The minimum Gasteiger partial charge on any atom is -0.310 e. The number of amides is 1. The van der Waals surface area contributed by atoms with Crippen LogP contribution in [0.15, 0.2) is 41.3 Å². The molecule has 0 bridgehead atoms. The van der Waals surface area contributed by atoms with Gasteiger partial charge < -0.3 is 5.32 Å². The second-order valence-electron chi connectivity index (χ2n) is 7.72. The molecule has 3 aromatic heterocycles. The van der Waals surface area contributed by atoms with Gasteiger partial charge in [0.05, 0.1) is 17.6 Å². The van der Waals surface area contributed by atoms with Crippen molar-refractivity contribution in [2.75, 3.05) is 5.32 Å². The van der Waals surface area contributed by atoms with Gasteiger partial charge in [0.2, 0.25) is 11.9 Å². The molecule has 1 saturated carbocycles. The zero-order valence-electron chi connectivity index (χ0n) is 16.8. The molecule has 9 nitrogen and oxygen atoms in total. The van der Waals surface area contributed by atoms with Crippen molar-refractivity contribution >= 4 is 34.4 Å². The van der Waals surface area contributed by atoms with Gasteiger partial charge in [-0.1, -0.05) is 30.5 Å². The van der Waals surface area contributed by atoms with Gasteiger partial charge in [0.15, 0.2) is 5.65 Å². The first-order chi connectivity index (χ1) is 15.0. The Kier molecular flexibility index (Phi) is 4.82. The Hall–Kier alpha value is -3.46. The fourth-order valence-electron chi connectivity index (χ4n) is 3.97. The maximum atomic E-state index is 12.7. The van der Waals surface area contributed by atoms with Crippen molar-refractivity contribution in [3.63, 3.8) is 0 Å². The number of halogens is 1. The Labute approximate surface area is 182 Å². The van der Waals surface area contributed by atoms with Crippen molar-refractivity contribution in [2.45, 2.75) is 32.6 Å². The average molecular weight is 438 g/mol. The Morgan fingerprint density at radius 2 is 2.03 bits per heavy atom. The SMILES string of the molecule is Cc1cc(NC(=O)C2CCCC2)n(-c2nc3c(cnn3-c3cccc(Cl)c3)c(=O)[nH]2)n1. The van der Waals surface area contributed by atoms with Crippen molar-refractivity contribution in [3.05, 3.63) is 57.6 Å². The van der Waals surface area contributed by atoms with Gasteiger partial charge in [-0.3, -0.25) is 14.6 Å². The predicted octanol–water partition coefficient (Wildman–Crippen LogP) is 3.39. The molecule has 1 fully saturated rings. The minimum atomic E-state index is -0.352. The lowest BCUT2D eigenvalue weighted by molar-refractivity contribution is -0.119. The molecule has 0 unspecified atom stereocenters. The summed E-state index contributed by atoms with van der Waals surface area (Å²) in [5, 5.41) is 12.6. The molecule has 31 heavy (non-hydrogen) atoms. The van der Waals surface area contributed by atoms with Crippen LogP contribution >= 0.6 is 11.6 Å². The Morgan fingerprint density at radius 3 is 2.81 bits per heavy atom. The number of H-pyrrole nitrogens is 1. The van der Waals surface area contributed by atoms with E-state index in [1.165, 1.54) is 10.9 Å². The number of benzene rings is 1. The topological polar surface area (TPSA) is 110 Å². The summed E-state index contributed by atoms with van der Waals surface area (Å²) in [5.74, 6) is 0.621. The monoisotopic (exact) mass is 437 g/mol. The highest BCUT2D eigenvalue weighted by atomic mass is 35.5. The van der Waals surface area contributed by atoms with Crippen LogP contribution in [0.4, 0.5) is 5.82 Å². The van der Waals surface area contributed by atoms with E-state index < -0.39 is 0 Å². The molecular formula is C21H20ClN7O2. The molecule has 0 saturated heterocycles. The van der Waals surface area contributed by atoms with Crippen LogP contribution in [-0.2, 0) is 4.79 Å². The van der Waals surface area contributed by atoms with Crippen LogP contribution in [0.1, 0.15) is 31.4 Å². The van der Waals surface area contributed by atoms with Gasteiger partial charge in [-0.15, -0.1) is 0 Å². The molecule has 3 heterocycles. The van der Waals surface area contributed by atoms with Gasteiger partial charge in [0, 0.05) is 17.0 Å². The van der Waals surface area contributed by atoms with Crippen LogP contribution < -0.4 is 10.9 Å². The quantitative estimate of drug-likeness (QED) is 0.508. The Balaban J connectivity index is 1.59. The highest BCUT2D eigenvalue weighted by Crippen LogP contribution is 2.26. The summed E-state index contributed by atoms with van der Waals surface area (Å²) in [6.45, 7) is 1.81. The third-order valence-corrected chi connectivity index (χ3v) is 5.72. The molecule has 0 radical (unpaired) electrons. The molecule has 5 rings (SSSR count). The third kappa shape index (κ3) is 3.61. The van der Waals surface area contributed by atoms with Crippen molar-refractivity contribution in [1.29, 1.82) is 0 Å². The second kappa shape index (κ2) is 7.66. The number of carbonyl (C=O) groups is 1. The number of anilines is 1. The van der Waals surface area contributed by atoms with Crippen LogP contribution in [0.25, 0.3) is 22.7 Å². The summed E-state index contributed by atoms with van der Waals surface area (Å²) in [6.07, 6.45) is 5.37. The predicted molar refractivity (Wildman–Crippen MR) is 117 cm³/mol.